The highest BCUT2D eigenvalue weighted by Gasteiger charge is 2.33. The second kappa shape index (κ2) is 6.13. The standard InChI is InChI=1S/C13H12ClF3N2O3/c14-9-4-7(3-8(5-9)13(15,16)17)12(21)19-1-2-22-10(6-19)11(18)20/h3-5,10H,1-2,6H2,(H2,18,20). The van der Waals surface area contributed by atoms with Crippen molar-refractivity contribution in [2.24, 2.45) is 5.73 Å². The average Bonchev–Trinajstić information content (AvgIpc) is 2.45. The van der Waals surface area contributed by atoms with Crippen LogP contribution in [0.1, 0.15) is 15.9 Å². The number of morpholine rings is 1. The second-order valence-corrected chi connectivity index (χ2v) is 5.18. The summed E-state index contributed by atoms with van der Waals surface area (Å²) in [5.74, 6) is -1.40. The maximum absolute atomic E-state index is 12.8. The van der Waals surface area contributed by atoms with Gasteiger partial charge < -0.3 is 15.4 Å². The lowest BCUT2D eigenvalue weighted by molar-refractivity contribution is -0.137. The van der Waals surface area contributed by atoms with Gasteiger partial charge in [-0.15, -0.1) is 0 Å². The number of amides is 2. The fraction of sp³-hybridized carbons (Fsp3) is 0.385. The molecule has 0 saturated carbocycles. The van der Waals surface area contributed by atoms with E-state index in [2.05, 4.69) is 0 Å². The number of nitrogens with zero attached hydrogens (tertiary/aromatic N) is 1. The van der Waals surface area contributed by atoms with Crippen LogP contribution >= 0.6 is 11.6 Å². The molecule has 22 heavy (non-hydrogen) atoms. The van der Waals surface area contributed by atoms with E-state index < -0.39 is 29.7 Å². The summed E-state index contributed by atoms with van der Waals surface area (Å²) in [6, 6.07) is 2.61. The van der Waals surface area contributed by atoms with Crippen molar-refractivity contribution in [3.05, 3.63) is 34.3 Å². The van der Waals surface area contributed by atoms with Crippen molar-refractivity contribution in [1.29, 1.82) is 0 Å². The molecule has 0 radical (unpaired) electrons. The Morgan fingerprint density at radius 3 is 2.59 bits per heavy atom. The van der Waals surface area contributed by atoms with Crippen LogP contribution in [0, 0.1) is 0 Å². The summed E-state index contributed by atoms with van der Waals surface area (Å²) in [7, 11) is 0. The molecule has 1 aromatic rings. The van der Waals surface area contributed by atoms with Crippen LogP contribution in [0.3, 0.4) is 0 Å². The van der Waals surface area contributed by atoms with Gasteiger partial charge in [-0.05, 0) is 18.2 Å². The molecular formula is C13H12ClF3N2O3. The van der Waals surface area contributed by atoms with E-state index in [4.69, 9.17) is 22.1 Å². The highest BCUT2D eigenvalue weighted by molar-refractivity contribution is 6.31. The van der Waals surface area contributed by atoms with Crippen molar-refractivity contribution < 1.29 is 27.5 Å². The largest absolute Gasteiger partial charge is 0.416 e. The Morgan fingerprint density at radius 1 is 1.32 bits per heavy atom. The van der Waals surface area contributed by atoms with Crippen molar-refractivity contribution in [2.75, 3.05) is 19.7 Å². The molecule has 1 aliphatic heterocycles. The molecule has 1 aliphatic rings. The molecule has 1 aromatic carbocycles. The Hall–Kier alpha value is -1.80. The molecule has 0 aromatic heterocycles. The maximum Gasteiger partial charge on any atom is 0.416 e. The zero-order valence-electron chi connectivity index (χ0n) is 11.2. The van der Waals surface area contributed by atoms with Gasteiger partial charge in [0, 0.05) is 17.1 Å². The normalized spacial score (nSPS) is 19.1. The quantitative estimate of drug-likeness (QED) is 0.893. The molecule has 1 unspecified atom stereocenters. The van der Waals surface area contributed by atoms with Crippen LogP contribution in [0.5, 0.6) is 0 Å². The number of nitrogens with two attached hydrogens (primary N) is 1. The molecule has 2 N–H and O–H groups in total. The Bertz CT molecular complexity index is 607. The van der Waals surface area contributed by atoms with Crippen LogP contribution in [0.4, 0.5) is 13.2 Å². The maximum atomic E-state index is 12.8. The van der Waals surface area contributed by atoms with Crippen LogP contribution in [0.15, 0.2) is 18.2 Å². The first kappa shape index (κ1) is 16.6. The Labute approximate surface area is 128 Å². The minimum atomic E-state index is -4.61. The lowest BCUT2D eigenvalue weighted by Gasteiger charge is -2.31. The number of carbonyl (C=O) groups excluding carboxylic acids is 2. The number of hydrogen-bond acceptors (Lipinski definition) is 3. The molecule has 1 atom stereocenters. The summed E-state index contributed by atoms with van der Waals surface area (Å²) >= 11 is 5.65. The molecule has 1 fully saturated rings. The second-order valence-electron chi connectivity index (χ2n) is 4.74. The van der Waals surface area contributed by atoms with Crippen molar-refractivity contribution in [3.8, 4) is 0 Å². The minimum absolute atomic E-state index is 0.0754. The summed E-state index contributed by atoms with van der Waals surface area (Å²) in [6.07, 6.45) is -5.58. The van der Waals surface area contributed by atoms with E-state index in [1.807, 2.05) is 0 Å². The molecule has 0 aliphatic carbocycles. The van der Waals surface area contributed by atoms with Crippen LogP contribution in [0.2, 0.25) is 5.02 Å². The monoisotopic (exact) mass is 336 g/mol. The zero-order valence-corrected chi connectivity index (χ0v) is 11.9. The number of ether oxygens (including phenoxy) is 1. The van der Waals surface area contributed by atoms with Crippen LogP contribution < -0.4 is 5.73 Å². The third-order valence-corrected chi connectivity index (χ3v) is 3.36. The molecule has 2 amide bonds. The van der Waals surface area contributed by atoms with E-state index in [1.165, 1.54) is 4.90 Å². The summed E-state index contributed by atoms with van der Waals surface area (Å²) < 4.78 is 43.4. The molecule has 0 spiro atoms. The van der Waals surface area contributed by atoms with Crippen molar-refractivity contribution in [1.82, 2.24) is 4.90 Å². The van der Waals surface area contributed by atoms with Crippen LogP contribution in [0.25, 0.3) is 0 Å². The number of alkyl halides is 3. The van der Waals surface area contributed by atoms with Gasteiger partial charge in [0.25, 0.3) is 5.91 Å². The minimum Gasteiger partial charge on any atom is -0.367 e. The van der Waals surface area contributed by atoms with Crippen molar-refractivity contribution >= 4 is 23.4 Å². The summed E-state index contributed by atoms with van der Waals surface area (Å²) in [6.45, 7) is 0.116. The van der Waals surface area contributed by atoms with E-state index in [0.717, 1.165) is 18.2 Å². The molecule has 1 saturated heterocycles. The van der Waals surface area contributed by atoms with Crippen molar-refractivity contribution in [3.63, 3.8) is 0 Å². The number of hydrogen-bond donors (Lipinski definition) is 1. The number of benzene rings is 1. The summed E-state index contributed by atoms with van der Waals surface area (Å²) in [5, 5.41) is -0.196. The highest BCUT2D eigenvalue weighted by Crippen LogP contribution is 2.32. The fourth-order valence-electron chi connectivity index (χ4n) is 2.07. The SMILES string of the molecule is NC(=O)C1CN(C(=O)c2cc(Cl)cc(C(F)(F)F)c2)CCO1. The Morgan fingerprint density at radius 2 is 2.00 bits per heavy atom. The molecule has 2 rings (SSSR count). The summed E-state index contributed by atoms with van der Waals surface area (Å²) in [4.78, 5) is 24.6. The lowest BCUT2D eigenvalue weighted by atomic mass is 10.1. The number of halogens is 4. The van der Waals surface area contributed by atoms with E-state index in [-0.39, 0.29) is 30.3 Å². The van der Waals surface area contributed by atoms with Gasteiger partial charge in [-0.1, -0.05) is 11.6 Å². The smallest absolute Gasteiger partial charge is 0.367 e. The van der Waals surface area contributed by atoms with Gasteiger partial charge >= 0.3 is 6.18 Å². The van der Waals surface area contributed by atoms with Gasteiger partial charge in [0.2, 0.25) is 5.91 Å². The number of carbonyl (C=O) groups is 2. The summed E-state index contributed by atoms with van der Waals surface area (Å²) in [5.41, 5.74) is 3.89. The first-order chi connectivity index (χ1) is 10.2. The third kappa shape index (κ3) is 3.69. The molecule has 9 heteroatoms. The molecule has 120 valence electrons. The third-order valence-electron chi connectivity index (χ3n) is 3.14. The van der Waals surface area contributed by atoms with E-state index in [0.29, 0.717) is 0 Å². The molecular weight excluding hydrogens is 325 g/mol. The van der Waals surface area contributed by atoms with Gasteiger partial charge in [-0.3, -0.25) is 9.59 Å². The van der Waals surface area contributed by atoms with E-state index >= 15 is 0 Å². The fourth-order valence-corrected chi connectivity index (χ4v) is 2.30. The van der Waals surface area contributed by atoms with Crippen LogP contribution in [-0.2, 0) is 15.7 Å². The van der Waals surface area contributed by atoms with Crippen LogP contribution in [-0.4, -0.2) is 42.5 Å². The average molecular weight is 337 g/mol. The van der Waals surface area contributed by atoms with Gasteiger partial charge in [0.15, 0.2) is 6.10 Å². The predicted molar refractivity (Wildman–Crippen MR) is 71.3 cm³/mol. The van der Waals surface area contributed by atoms with Gasteiger partial charge in [-0.2, -0.15) is 13.2 Å². The lowest BCUT2D eigenvalue weighted by Crippen LogP contribution is -2.50. The highest BCUT2D eigenvalue weighted by atomic mass is 35.5. The van der Waals surface area contributed by atoms with E-state index in [1.54, 1.807) is 0 Å². The van der Waals surface area contributed by atoms with E-state index in [9.17, 15) is 22.8 Å². The Balaban J connectivity index is 2.26. The molecule has 5 nitrogen and oxygen atoms in total. The Kier molecular flexibility index (Phi) is 4.62. The van der Waals surface area contributed by atoms with Gasteiger partial charge in [-0.25, -0.2) is 0 Å². The number of primary amides is 1. The molecule has 0 bridgehead atoms. The van der Waals surface area contributed by atoms with Crippen molar-refractivity contribution in [2.45, 2.75) is 12.3 Å². The zero-order chi connectivity index (χ0) is 16.5. The van der Waals surface area contributed by atoms with Gasteiger partial charge in [0.1, 0.15) is 0 Å². The molecule has 1 heterocycles. The number of rotatable bonds is 2. The topological polar surface area (TPSA) is 72.6 Å². The van der Waals surface area contributed by atoms with Gasteiger partial charge in [0.05, 0.1) is 18.7 Å². The first-order valence-corrected chi connectivity index (χ1v) is 6.64. The predicted octanol–water partition coefficient (Wildman–Crippen LogP) is 1.69. The first-order valence-electron chi connectivity index (χ1n) is 6.26.